The molecule has 4 aromatic heterocycles. The fourth-order valence-corrected chi connectivity index (χ4v) is 3.98. The normalized spacial score (nSPS) is 18.9. The number of nitrogen functional groups attached to an aromatic ring is 2. The van der Waals surface area contributed by atoms with Gasteiger partial charge in [-0.1, -0.05) is 0 Å². The zero-order valence-electron chi connectivity index (χ0n) is 17.2. The van der Waals surface area contributed by atoms with Crippen LogP contribution in [0.25, 0.3) is 22.4 Å². The van der Waals surface area contributed by atoms with E-state index in [2.05, 4.69) is 20.2 Å². The van der Waals surface area contributed by atoms with Gasteiger partial charge in [-0.25, -0.2) is 22.8 Å². The second-order valence-electron chi connectivity index (χ2n) is 7.95. The zero-order valence-corrected chi connectivity index (χ0v) is 17.2. The Labute approximate surface area is 181 Å². The van der Waals surface area contributed by atoms with Gasteiger partial charge < -0.3 is 16.2 Å². The Morgan fingerprint density at radius 3 is 2.66 bits per heavy atom. The van der Waals surface area contributed by atoms with E-state index >= 15 is 0 Å². The average Bonchev–Trinajstić information content (AvgIpc) is 3.32. The number of anilines is 2. The van der Waals surface area contributed by atoms with Crippen LogP contribution in [0.2, 0.25) is 0 Å². The second-order valence-corrected chi connectivity index (χ2v) is 7.95. The zero-order chi connectivity index (χ0) is 22.3. The van der Waals surface area contributed by atoms with Gasteiger partial charge in [0.1, 0.15) is 5.52 Å². The SMILES string of the molecule is FC1(F)CCCN(C2COC2)C1.Nc1nc(N)c2c(-c3ccc4nccn4n3)ccn2n1. The number of imidazole rings is 1. The predicted molar refractivity (Wildman–Crippen MR) is 114 cm³/mol. The highest BCUT2D eigenvalue weighted by atomic mass is 19.3. The second kappa shape index (κ2) is 7.95. The van der Waals surface area contributed by atoms with Gasteiger partial charge >= 0.3 is 0 Å². The summed E-state index contributed by atoms with van der Waals surface area (Å²) in [6.45, 7) is 2.01. The average molecular weight is 443 g/mol. The quantitative estimate of drug-likeness (QED) is 0.480. The number of nitrogens with two attached hydrogens (primary N) is 2. The van der Waals surface area contributed by atoms with Crippen molar-refractivity contribution >= 4 is 22.9 Å². The minimum absolute atomic E-state index is 0.0527. The number of piperidine rings is 1. The summed E-state index contributed by atoms with van der Waals surface area (Å²) in [7, 11) is 0. The molecule has 0 amide bonds. The van der Waals surface area contributed by atoms with E-state index in [1.54, 1.807) is 27.6 Å². The Bertz CT molecular complexity index is 1250. The van der Waals surface area contributed by atoms with E-state index in [4.69, 9.17) is 16.2 Å². The lowest BCUT2D eigenvalue weighted by Crippen LogP contribution is -2.55. The topological polar surface area (TPSA) is 125 Å². The van der Waals surface area contributed by atoms with Crippen molar-refractivity contribution in [3.63, 3.8) is 0 Å². The van der Waals surface area contributed by atoms with Crippen LogP contribution in [0.3, 0.4) is 0 Å². The van der Waals surface area contributed by atoms with Crippen LogP contribution in [0, 0.1) is 0 Å². The fourth-order valence-electron chi connectivity index (χ4n) is 3.98. The Morgan fingerprint density at radius 2 is 1.91 bits per heavy atom. The number of likely N-dealkylation sites (tertiary alicyclic amines) is 1. The molecule has 2 aliphatic rings. The molecule has 0 spiro atoms. The van der Waals surface area contributed by atoms with Crippen molar-refractivity contribution in [3.8, 4) is 11.3 Å². The number of hydrogen-bond acceptors (Lipinski definition) is 8. The number of aromatic nitrogens is 6. The van der Waals surface area contributed by atoms with Gasteiger partial charge in [-0.2, -0.15) is 10.1 Å². The van der Waals surface area contributed by atoms with Crippen LogP contribution >= 0.6 is 0 Å². The standard InChI is InChI=1S/C12H10N8.C8H13F2NO/c13-11-10-7(3-5-20(10)18-12(14)16-11)8-1-2-9-15-4-6-19(9)17-8;9-8(10)2-1-3-11(6-8)7-4-12-5-7/h1-6H,(H4,13,14,16,18);7H,1-6H2. The van der Waals surface area contributed by atoms with Crippen molar-refractivity contribution in [2.75, 3.05) is 37.8 Å². The summed E-state index contributed by atoms with van der Waals surface area (Å²) >= 11 is 0. The lowest BCUT2D eigenvalue weighted by Gasteiger charge is -2.41. The van der Waals surface area contributed by atoms with Crippen LogP contribution < -0.4 is 11.5 Å². The maximum atomic E-state index is 12.9. The molecule has 0 radical (unpaired) electrons. The van der Waals surface area contributed by atoms with Crippen LogP contribution in [0.5, 0.6) is 0 Å². The van der Waals surface area contributed by atoms with E-state index in [9.17, 15) is 8.78 Å². The van der Waals surface area contributed by atoms with E-state index in [1.165, 1.54) is 0 Å². The first-order valence-electron chi connectivity index (χ1n) is 10.3. The van der Waals surface area contributed by atoms with Crippen molar-refractivity contribution in [2.24, 2.45) is 0 Å². The lowest BCUT2D eigenvalue weighted by atomic mass is 10.0. The number of halogens is 2. The van der Waals surface area contributed by atoms with E-state index < -0.39 is 5.92 Å². The highest BCUT2D eigenvalue weighted by Crippen LogP contribution is 2.29. The summed E-state index contributed by atoms with van der Waals surface area (Å²) in [4.78, 5) is 10.0. The van der Waals surface area contributed by atoms with Crippen LogP contribution in [-0.2, 0) is 4.74 Å². The maximum Gasteiger partial charge on any atom is 0.260 e. The van der Waals surface area contributed by atoms with Crippen molar-refractivity contribution in [1.82, 2.24) is 34.1 Å². The number of ether oxygens (including phenoxy) is 1. The summed E-state index contributed by atoms with van der Waals surface area (Å²) in [5, 5.41) is 8.58. The van der Waals surface area contributed by atoms with Crippen LogP contribution in [-0.4, -0.2) is 72.4 Å². The molecule has 6 rings (SSSR count). The molecule has 0 saturated carbocycles. The van der Waals surface area contributed by atoms with E-state index in [0.29, 0.717) is 31.0 Å². The van der Waals surface area contributed by atoms with Gasteiger partial charge in [0.25, 0.3) is 5.92 Å². The third-order valence-electron chi connectivity index (χ3n) is 5.64. The number of rotatable bonds is 2. The fraction of sp³-hybridized carbons (Fsp3) is 0.400. The van der Waals surface area contributed by atoms with Crippen molar-refractivity contribution in [1.29, 1.82) is 0 Å². The van der Waals surface area contributed by atoms with Gasteiger partial charge in [0.15, 0.2) is 11.5 Å². The molecule has 2 saturated heterocycles. The van der Waals surface area contributed by atoms with Gasteiger partial charge in [-0.3, -0.25) is 4.90 Å². The Morgan fingerprint density at radius 1 is 1.06 bits per heavy atom. The van der Waals surface area contributed by atoms with Gasteiger partial charge in [-0.05, 0) is 31.2 Å². The Balaban J connectivity index is 0.000000154. The minimum atomic E-state index is -2.46. The molecule has 4 aromatic rings. The molecule has 4 N–H and O–H groups in total. The highest BCUT2D eigenvalue weighted by molar-refractivity contribution is 5.86. The molecule has 0 aliphatic carbocycles. The molecule has 2 aliphatic heterocycles. The van der Waals surface area contributed by atoms with Crippen molar-refractivity contribution in [2.45, 2.75) is 24.8 Å². The number of fused-ring (bicyclic) bond motifs is 2. The van der Waals surface area contributed by atoms with Gasteiger partial charge in [0, 0.05) is 30.6 Å². The van der Waals surface area contributed by atoms with Crippen LogP contribution in [0.15, 0.2) is 36.8 Å². The number of nitrogens with zero attached hydrogens (tertiary/aromatic N) is 7. The monoisotopic (exact) mass is 443 g/mol. The van der Waals surface area contributed by atoms with Gasteiger partial charge in [-0.15, -0.1) is 5.10 Å². The number of hydrogen-bond donors (Lipinski definition) is 2. The molecule has 6 heterocycles. The molecule has 12 heteroatoms. The lowest BCUT2D eigenvalue weighted by molar-refractivity contribution is -0.126. The maximum absolute atomic E-state index is 12.9. The smallest absolute Gasteiger partial charge is 0.260 e. The van der Waals surface area contributed by atoms with Crippen LogP contribution in [0.1, 0.15) is 12.8 Å². The largest absolute Gasteiger partial charge is 0.382 e. The molecule has 0 unspecified atom stereocenters. The van der Waals surface area contributed by atoms with Crippen molar-refractivity contribution in [3.05, 3.63) is 36.8 Å². The predicted octanol–water partition coefficient (Wildman–Crippen LogP) is 1.72. The van der Waals surface area contributed by atoms with E-state index in [0.717, 1.165) is 23.4 Å². The van der Waals surface area contributed by atoms with Gasteiger partial charge in [0.2, 0.25) is 5.95 Å². The molecule has 168 valence electrons. The summed E-state index contributed by atoms with van der Waals surface area (Å²) < 4.78 is 34.1. The Kier molecular flexibility index (Phi) is 5.10. The summed E-state index contributed by atoms with van der Waals surface area (Å²) in [6.07, 6.45) is 5.93. The first-order chi connectivity index (χ1) is 15.4. The summed E-state index contributed by atoms with van der Waals surface area (Å²) in [5.41, 5.74) is 14.6. The highest BCUT2D eigenvalue weighted by Gasteiger charge is 2.39. The third kappa shape index (κ3) is 3.94. The molecule has 32 heavy (non-hydrogen) atoms. The van der Waals surface area contributed by atoms with E-state index in [1.807, 2.05) is 23.1 Å². The molecule has 10 nitrogen and oxygen atoms in total. The minimum Gasteiger partial charge on any atom is -0.382 e. The molecular weight excluding hydrogens is 420 g/mol. The van der Waals surface area contributed by atoms with Crippen molar-refractivity contribution < 1.29 is 13.5 Å². The van der Waals surface area contributed by atoms with E-state index in [-0.39, 0.29) is 25.0 Å². The first kappa shape index (κ1) is 20.5. The molecule has 0 atom stereocenters. The molecular formula is C20H23F2N9O. The summed E-state index contributed by atoms with van der Waals surface area (Å²) in [5.74, 6) is -2.01. The molecule has 0 aromatic carbocycles. The number of alkyl halides is 2. The van der Waals surface area contributed by atoms with Crippen LogP contribution in [0.4, 0.5) is 20.5 Å². The third-order valence-corrected chi connectivity index (χ3v) is 5.64. The molecule has 0 bridgehead atoms. The molecule has 2 fully saturated rings. The van der Waals surface area contributed by atoms with Gasteiger partial charge in [0.05, 0.1) is 31.5 Å². The summed E-state index contributed by atoms with van der Waals surface area (Å²) in [6, 6.07) is 5.91. The first-order valence-corrected chi connectivity index (χ1v) is 10.3. The Hall–Kier alpha value is -3.38.